The first-order valence-corrected chi connectivity index (χ1v) is 3.33. The Morgan fingerprint density at radius 2 is 2.38 bits per heavy atom. The van der Waals surface area contributed by atoms with E-state index in [2.05, 4.69) is 19.7 Å². The fourth-order valence-corrected chi connectivity index (χ4v) is 0.545. The van der Waals surface area contributed by atoms with Crippen LogP contribution in [0.25, 0.3) is 0 Å². The Hall–Kier alpha value is -0.0200. The number of carbonyl (C=O) groups excluding carboxylic acids is 1. The van der Waals surface area contributed by atoms with Gasteiger partial charge in [-0.15, -0.1) is 0 Å². The third-order valence-corrected chi connectivity index (χ3v) is 1.21. The van der Waals surface area contributed by atoms with Crippen LogP contribution in [0.3, 0.4) is 0 Å². The first-order valence-electron chi connectivity index (χ1n) is 2.81. The fraction of sp³-hybridized carbons (Fsp3) is 0.800. The van der Waals surface area contributed by atoms with Crippen molar-refractivity contribution >= 4 is 18.7 Å². The number of hydrogen-bond acceptors (Lipinski definition) is 2. The summed E-state index contributed by atoms with van der Waals surface area (Å²) in [6.45, 7) is 2.06. The highest BCUT2D eigenvalue weighted by Gasteiger charge is 1.98. The van der Waals surface area contributed by atoms with Gasteiger partial charge in [0.05, 0.1) is 19.2 Å². The Morgan fingerprint density at radius 1 is 1.75 bits per heavy atom. The minimum absolute atomic E-state index is 0.134. The summed E-state index contributed by atoms with van der Waals surface area (Å²) < 4.78 is 1.33. The molecule has 0 saturated heterocycles. The highest BCUT2D eigenvalue weighted by molar-refractivity contribution is 7.73. The van der Waals surface area contributed by atoms with E-state index in [4.69, 9.17) is 0 Å². The summed E-state index contributed by atoms with van der Waals surface area (Å²) in [5.41, 5.74) is 0. The molecule has 0 spiro atoms. The average Bonchev–Trinajstić information content (AvgIpc) is 1.83. The molecule has 0 aliphatic carbocycles. The van der Waals surface area contributed by atoms with Crippen LogP contribution in [0.5, 0.6) is 0 Å². The lowest BCUT2D eigenvalue weighted by molar-refractivity contribution is -0.393. The van der Waals surface area contributed by atoms with Crippen LogP contribution in [0.1, 0.15) is 26.2 Å². The second-order valence-corrected chi connectivity index (χ2v) is 1.96. The average molecular weight is 134 g/mol. The highest BCUT2D eigenvalue weighted by atomic mass is 32.1. The smallest absolute Gasteiger partial charge is 0.230 e. The summed E-state index contributed by atoms with van der Waals surface area (Å²) in [6.07, 6.45) is 2.71. The summed E-state index contributed by atoms with van der Waals surface area (Å²) in [5.74, 6) is 0.134. The van der Waals surface area contributed by atoms with E-state index in [0.717, 1.165) is 12.8 Å². The molecular weight excluding hydrogens is 122 g/mol. The fourth-order valence-electron chi connectivity index (χ4n) is 0.416. The quantitative estimate of drug-likeness (QED) is 0.528. The van der Waals surface area contributed by atoms with Crippen molar-refractivity contribution in [2.24, 2.45) is 0 Å². The zero-order valence-corrected chi connectivity index (χ0v) is 5.95. The molecule has 2 nitrogen and oxygen atoms in total. The molecule has 0 atom stereocenters. The number of carbonyl (C=O) groups is 1. The third kappa shape index (κ3) is 4.15. The maximum atomic E-state index is 10.4. The molecule has 2 N–H and O–H groups in total. The molecule has 1 amide bonds. The van der Waals surface area contributed by atoms with Crippen molar-refractivity contribution in [3.8, 4) is 0 Å². The molecule has 0 aromatic rings. The standard InChI is InChI=1S/C5H11NOS/c1-2-3-4-5(7)6-8/h8H,2-4H2,1H3,(H,6,7)/p+1. The molecule has 0 unspecified atom stereocenters. The number of rotatable bonds is 3. The van der Waals surface area contributed by atoms with Crippen LogP contribution < -0.4 is 4.72 Å². The van der Waals surface area contributed by atoms with Crippen LogP contribution in [0.2, 0.25) is 0 Å². The van der Waals surface area contributed by atoms with Crippen molar-refractivity contribution in [2.45, 2.75) is 26.2 Å². The third-order valence-electron chi connectivity index (χ3n) is 0.921. The molecule has 0 saturated carbocycles. The van der Waals surface area contributed by atoms with Gasteiger partial charge in [-0.2, -0.15) is 0 Å². The van der Waals surface area contributed by atoms with Crippen molar-refractivity contribution in [3.05, 3.63) is 0 Å². The number of nitrogens with two attached hydrogens (primary N) is 1. The topological polar surface area (TPSA) is 33.7 Å². The minimum Gasteiger partial charge on any atom is -0.230 e. The summed E-state index contributed by atoms with van der Waals surface area (Å²) in [6, 6.07) is 0. The molecule has 0 aliphatic heterocycles. The van der Waals surface area contributed by atoms with E-state index in [1.807, 2.05) is 0 Å². The number of thiol groups is 1. The number of unbranched alkanes of at least 4 members (excludes halogenated alkanes) is 1. The van der Waals surface area contributed by atoms with Crippen LogP contribution in [0.4, 0.5) is 0 Å². The van der Waals surface area contributed by atoms with Gasteiger partial charge < -0.3 is 0 Å². The molecule has 0 aliphatic rings. The van der Waals surface area contributed by atoms with Gasteiger partial charge in [-0.1, -0.05) is 13.3 Å². The van der Waals surface area contributed by atoms with Gasteiger partial charge in [-0.3, -0.25) is 0 Å². The van der Waals surface area contributed by atoms with Gasteiger partial charge in [0.2, 0.25) is 0 Å². The van der Waals surface area contributed by atoms with Crippen LogP contribution >= 0.6 is 12.8 Å². The predicted molar refractivity (Wildman–Crippen MR) is 35.4 cm³/mol. The molecule has 0 rings (SSSR count). The van der Waals surface area contributed by atoms with E-state index < -0.39 is 0 Å². The van der Waals surface area contributed by atoms with Crippen molar-refractivity contribution in [1.82, 2.24) is 0 Å². The Balaban J connectivity index is 2.99. The van der Waals surface area contributed by atoms with Gasteiger partial charge in [0.15, 0.2) is 0 Å². The summed E-state index contributed by atoms with van der Waals surface area (Å²) in [5, 5.41) is 0. The molecule has 0 fully saturated rings. The van der Waals surface area contributed by atoms with Crippen molar-refractivity contribution in [1.29, 1.82) is 0 Å². The Bertz CT molecular complexity index is 74.8. The Morgan fingerprint density at radius 3 is 2.75 bits per heavy atom. The van der Waals surface area contributed by atoms with Gasteiger partial charge in [0.25, 0.3) is 0 Å². The van der Waals surface area contributed by atoms with Crippen LogP contribution in [0, 0.1) is 0 Å². The monoisotopic (exact) mass is 134 g/mol. The summed E-state index contributed by atoms with van der Waals surface area (Å²) >= 11 is 3.71. The van der Waals surface area contributed by atoms with Crippen molar-refractivity contribution in [3.63, 3.8) is 0 Å². The second kappa shape index (κ2) is 5.12. The van der Waals surface area contributed by atoms with Gasteiger partial charge in [0.1, 0.15) is 0 Å². The normalized spacial score (nSPS) is 9.25. The zero-order valence-electron chi connectivity index (χ0n) is 5.05. The molecule has 0 radical (unpaired) electrons. The lowest BCUT2D eigenvalue weighted by atomic mass is 10.2. The Labute approximate surface area is 55.2 Å². The molecular formula is C5H12NOS+. The van der Waals surface area contributed by atoms with E-state index in [0.29, 0.717) is 6.42 Å². The highest BCUT2D eigenvalue weighted by Crippen LogP contribution is 1.89. The summed E-state index contributed by atoms with van der Waals surface area (Å²) in [4.78, 5) is 10.4. The number of amides is 1. The maximum Gasteiger partial charge on any atom is 0.321 e. The van der Waals surface area contributed by atoms with E-state index in [1.165, 1.54) is 4.72 Å². The number of primary amides is 1. The lowest BCUT2D eigenvalue weighted by Gasteiger charge is -1.88. The van der Waals surface area contributed by atoms with E-state index in [9.17, 15) is 4.79 Å². The van der Waals surface area contributed by atoms with E-state index >= 15 is 0 Å². The van der Waals surface area contributed by atoms with E-state index in [1.54, 1.807) is 0 Å². The van der Waals surface area contributed by atoms with Gasteiger partial charge in [0, 0.05) is 0 Å². The molecule has 8 heavy (non-hydrogen) atoms. The number of quaternary nitrogens is 1. The van der Waals surface area contributed by atoms with Crippen LogP contribution in [-0.2, 0) is 4.79 Å². The Kier molecular flexibility index (Phi) is 5.11. The minimum atomic E-state index is 0.134. The van der Waals surface area contributed by atoms with Gasteiger partial charge in [-0.25, -0.2) is 9.52 Å². The van der Waals surface area contributed by atoms with Crippen LogP contribution in [0.15, 0.2) is 0 Å². The number of hydrogen-bond donors (Lipinski definition) is 2. The SMILES string of the molecule is CCCCC(=O)[NH2+]S. The predicted octanol–water partition coefficient (Wildman–Crippen LogP) is 0.111. The molecule has 0 aromatic heterocycles. The van der Waals surface area contributed by atoms with Crippen molar-refractivity contribution < 1.29 is 9.52 Å². The van der Waals surface area contributed by atoms with E-state index in [-0.39, 0.29) is 5.91 Å². The first-order chi connectivity index (χ1) is 3.81. The lowest BCUT2D eigenvalue weighted by Crippen LogP contribution is -2.77. The molecule has 3 heteroatoms. The molecule has 0 aromatic carbocycles. The second-order valence-electron chi connectivity index (χ2n) is 1.70. The molecule has 0 bridgehead atoms. The van der Waals surface area contributed by atoms with Gasteiger partial charge >= 0.3 is 5.91 Å². The molecule has 48 valence electrons. The largest absolute Gasteiger partial charge is 0.321 e. The zero-order chi connectivity index (χ0) is 6.41. The van der Waals surface area contributed by atoms with Crippen molar-refractivity contribution in [2.75, 3.05) is 0 Å². The first kappa shape index (κ1) is 7.98. The molecule has 0 heterocycles. The maximum absolute atomic E-state index is 10.4. The summed E-state index contributed by atoms with van der Waals surface area (Å²) in [7, 11) is 0. The van der Waals surface area contributed by atoms with Gasteiger partial charge in [-0.05, 0) is 6.42 Å². The van der Waals surface area contributed by atoms with Crippen LogP contribution in [-0.4, -0.2) is 5.91 Å².